The number of allylic oxidation sites excluding steroid dienone is 2. The first-order valence-electron chi connectivity index (χ1n) is 12.2. The minimum absolute atomic E-state index is 0.0380. The van der Waals surface area contributed by atoms with E-state index >= 15 is 0 Å². The van der Waals surface area contributed by atoms with Gasteiger partial charge in [0, 0.05) is 12.3 Å². The molecule has 2 bridgehead atoms. The van der Waals surface area contributed by atoms with Gasteiger partial charge in [-0.05, 0) is 54.7 Å². The van der Waals surface area contributed by atoms with Crippen molar-refractivity contribution >= 4 is 17.8 Å². The van der Waals surface area contributed by atoms with E-state index in [1.54, 1.807) is 0 Å². The third-order valence-electron chi connectivity index (χ3n) is 5.90. The van der Waals surface area contributed by atoms with Gasteiger partial charge in [-0.3, -0.25) is 14.4 Å². The zero-order valence-corrected chi connectivity index (χ0v) is 21.1. The number of esters is 1. The molecule has 3 atom stereocenters. The van der Waals surface area contributed by atoms with Crippen molar-refractivity contribution < 1.29 is 23.9 Å². The summed E-state index contributed by atoms with van der Waals surface area (Å²) in [5.74, 6) is 0.152. The summed E-state index contributed by atoms with van der Waals surface area (Å²) in [6, 6.07) is 6.74. The van der Waals surface area contributed by atoms with E-state index in [0.29, 0.717) is 31.3 Å². The summed E-state index contributed by atoms with van der Waals surface area (Å²) in [6.07, 6.45) is 6.95. The molecule has 0 saturated heterocycles. The number of hydrogen-bond acceptors (Lipinski definition) is 5. The maximum atomic E-state index is 13.6. The average molecular weight is 473 g/mol. The molecule has 0 saturated carbocycles. The molecule has 1 aromatic rings. The Kier molecular flexibility index (Phi) is 11.1. The molecule has 0 unspecified atom stereocenters. The predicted molar refractivity (Wildman–Crippen MR) is 132 cm³/mol. The van der Waals surface area contributed by atoms with E-state index in [1.165, 1.54) is 7.11 Å². The summed E-state index contributed by atoms with van der Waals surface area (Å²) in [5, 5.41) is 5.59. The van der Waals surface area contributed by atoms with Gasteiger partial charge in [0.15, 0.2) is 0 Å². The fourth-order valence-corrected chi connectivity index (χ4v) is 4.09. The van der Waals surface area contributed by atoms with Gasteiger partial charge in [-0.2, -0.15) is 0 Å². The SMILES string of the molecule is COC(=O)CNC(=O)[C@@H]1Cc2ccc(cc2)OCCC[C@H](/C=C/C(C)C)[C@@H](CC(C)C)C(=O)N1. The predicted octanol–water partition coefficient (Wildman–Crippen LogP) is 3.67. The van der Waals surface area contributed by atoms with Crippen LogP contribution in [0.4, 0.5) is 0 Å². The largest absolute Gasteiger partial charge is 0.494 e. The van der Waals surface area contributed by atoms with E-state index in [0.717, 1.165) is 24.2 Å². The average Bonchev–Trinajstić information content (AvgIpc) is 2.80. The lowest BCUT2D eigenvalue weighted by molar-refractivity contribution is -0.141. The van der Waals surface area contributed by atoms with Crippen molar-refractivity contribution in [1.82, 2.24) is 10.6 Å². The lowest BCUT2D eigenvalue weighted by Gasteiger charge is -2.28. The van der Waals surface area contributed by atoms with E-state index in [9.17, 15) is 14.4 Å². The smallest absolute Gasteiger partial charge is 0.325 e. The van der Waals surface area contributed by atoms with Gasteiger partial charge in [-0.25, -0.2) is 0 Å². The molecule has 2 N–H and O–H groups in total. The van der Waals surface area contributed by atoms with Crippen molar-refractivity contribution in [2.24, 2.45) is 23.7 Å². The third kappa shape index (κ3) is 9.20. The van der Waals surface area contributed by atoms with E-state index in [1.807, 2.05) is 24.3 Å². The van der Waals surface area contributed by atoms with Crippen molar-refractivity contribution in [3.05, 3.63) is 42.0 Å². The number of hydrogen-bond donors (Lipinski definition) is 2. The van der Waals surface area contributed by atoms with Crippen LogP contribution < -0.4 is 15.4 Å². The first kappa shape index (κ1) is 27.4. The molecule has 2 heterocycles. The lowest BCUT2D eigenvalue weighted by atomic mass is 9.81. The van der Waals surface area contributed by atoms with Crippen molar-refractivity contribution in [2.45, 2.75) is 59.4 Å². The number of nitrogens with one attached hydrogen (secondary N) is 2. The standard InChI is InChI=1S/C27H40N2O5/c1-18(2)8-11-21-7-6-14-34-22-12-9-20(10-13-22)16-24(27(32)28-17-25(30)33-5)29-26(31)23(21)15-19(3)4/h8-13,18-19,21,23-24H,6-7,14-17H2,1-5H3,(H,28,32)(H,29,31)/b11-8+/t21-,23-,24+/m1/s1. The van der Waals surface area contributed by atoms with Crippen LogP contribution in [0.3, 0.4) is 0 Å². The minimum Gasteiger partial charge on any atom is -0.494 e. The van der Waals surface area contributed by atoms with Crippen molar-refractivity contribution in [2.75, 3.05) is 20.3 Å². The van der Waals surface area contributed by atoms with Gasteiger partial charge < -0.3 is 20.1 Å². The van der Waals surface area contributed by atoms with Crippen LogP contribution in [0.15, 0.2) is 36.4 Å². The fourth-order valence-electron chi connectivity index (χ4n) is 4.09. The number of carbonyl (C=O) groups excluding carboxylic acids is 3. The second kappa shape index (κ2) is 13.8. The highest BCUT2D eigenvalue weighted by atomic mass is 16.5. The molecule has 0 radical (unpaired) electrons. The van der Waals surface area contributed by atoms with Gasteiger partial charge in [0.05, 0.1) is 13.7 Å². The molecule has 7 heteroatoms. The molecule has 2 aliphatic rings. The number of benzene rings is 1. The molecule has 0 aromatic heterocycles. The van der Waals surface area contributed by atoms with Crippen LogP contribution >= 0.6 is 0 Å². The molecule has 2 amide bonds. The quantitative estimate of drug-likeness (QED) is 0.467. The molecular weight excluding hydrogens is 432 g/mol. The topological polar surface area (TPSA) is 93.7 Å². The summed E-state index contributed by atoms with van der Waals surface area (Å²) in [7, 11) is 1.27. The molecule has 7 nitrogen and oxygen atoms in total. The number of fused-ring (bicyclic) bond motifs is 11. The second-order valence-corrected chi connectivity index (χ2v) is 9.72. The summed E-state index contributed by atoms with van der Waals surface area (Å²) in [5.41, 5.74) is 0.889. The van der Waals surface area contributed by atoms with Gasteiger partial charge >= 0.3 is 5.97 Å². The van der Waals surface area contributed by atoms with E-state index < -0.39 is 17.9 Å². The number of ether oxygens (including phenoxy) is 2. The summed E-state index contributed by atoms with van der Waals surface area (Å²) in [4.78, 5) is 38.1. The van der Waals surface area contributed by atoms with Crippen molar-refractivity contribution in [3.8, 4) is 5.75 Å². The van der Waals surface area contributed by atoms with Gasteiger partial charge in [-0.1, -0.05) is 52.0 Å². The van der Waals surface area contributed by atoms with E-state index in [-0.39, 0.29) is 24.3 Å². The molecule has 188 valence electrons. The maximum Gasteiger partial charge on any atom is 0.325 e. The Morgan fingerprint density at radius 3 is 2.53 bits per heavy atom. The third-order valence-corrected chi connectivity index (χ3v) is 5.90. The molecule has 34 heavy (non-hydrogen) atoms. The van der Waals surface area contributed by atoms with E-state index in [2.05, 4.69) is 55.2 Å². The Labute approximate surface area is 203 Å². The molecule has 2 aliphatic heterocycles. The monoisotopic (exact) mass is 472 g/mol. The van der Waals surface area contributed by atoms with Crippen LogP contribution in [-0.2, 0) is 25.5 Å². The number of methoxy groups -OCH3 is 1. The molecule has 1 aromatic carbocycles. The maximum absolute atomic E-state index is 13.6. The van der Waals surface area contributed by atoms with Crippen molar-refractivity contribution in [1.29, 1.82) is 0 Å². The first-order valence-corrected chi connectivity index (χ1v) is 12.2. The van der Waals surface area contributed by atoms with E-state index in [4.69, 9.17) is 4.74 Å². The summed E-state index contributed by atoms with van der Waals surface area (Å²) < 4.78 is 10.5. The highest BCUT2D eigenvalue weighted by Gasteiger charge is 2.31. The van der Waals surface area contributed by atoms with Gasteiger partial charge in [-0.15, -0.1) is 0 Å². The highest BCUT2D eigenvalue weighted by Crippen LogP contribution is 2.28. The summed E-state index contributed by atoms with van der Waals surface area (Å²) in [6.45, 7) is 8.78. The Morgan fingerprint density at radius 2 is 1.91 bits per heavy atom. The zero-order chi connectivity index (χ0) is 25.1. The molecule has 0 spiro atoms. The Morgan fingerprint density at radius 1 is 1.21 bits per heavy atom. The van der Waals surface area contributed by atoms with Crippen LogP contribution in [0.5, 0.6) is 5.75 Å². The molecular formula is C27H40N2O5. The van der Waals surface area contributed by atoms with Gasteiger partial charge in [0.25, 0.3) is 0 Å². The minimum atomic E-state index is -0.809. The summed E-state index contributed by atoms with van der Waals surface area (Å²) >= 11 is 0. The van der Waals surface area contributed by atoms with Crippen LogP contribution in [0, 0.1) is 23.7 Å². The number of carbonyl (C=O) groups is 3. The van der Waals surface area contributed by atoms with Crippen LogP contribution in [0.25, 0.3) is 0 Å². The van der Waals surface area contributed by atoms with Gasteiger partial charge in [0.1, 0.15) is 18.3 Å². The van der Waals surface area contributed by atoms with Gasteiger partial charge in [0.2, 0.25) is 11.8 Å². The lowest BCUT2D eigenvalue weighted by Crippen LogP contribution is -2.51. The van der Waals surface area contributed by atoms with Crippen LogP contribution in [0.1, 0.15) is 52.5 Å². The molecule has 0 fully saturated rings. The number of rotatable bonds is 7. The van der Waals surface area contributed by atoms with Crippen LogP contribution in [0.2, 0.25) is 0 Å². The van der Waals surface area contributed by atoms with Crippen molar-refractivity contribution in [3.63, 3.8) is 0 Å². The molecule has 3 rings (SSSR count). The Hall–Kier alpha value is -2.83. The first-order chi connectivity index (χ1) is 16.2. The normalized spacial score (nSPS) is 21.7. The molecule has 0 aliphatic carbocycles. The second-order valence-electron chi connectivity index (χ2n) is 9.72. The van der Waals surface area contributed by atoms with Crippen LogP contribution in [-0.4, -0.2) is 44.1 Å². The Balaban J connectivity index is 2.36. The number of amides is 2. The zero-order valence-electron chi connectivity index (χ0n) is 21.1. The Bertz CT molecular complexity index is 832. The highest BCUT2D eigenvalue weighted by molar-refractivity contribution is 5.90. The fraction of sp³-hybridized carbons (Fsp3) is 0.593.